The van der Waals surface area contributed by atoms with Crippen LogP contribution in [0, 0.1) is 11.3 Å². The Morgan fingerprint density at radius 3 is 2.90 bits per heavy atom. The van der Waals surface area contributed by atoms with Gasteiger partial charge in [-0.3, -0.25) is 9.59 Å². The van der Waals surface area contributed by atoms with E-state index in [4.69, 9.17) is 10.00 Å². The van der Waals surface area contributed by atoms with Gasteiger partial charge in [-0.25, -0.2) is 0 Å². The first-order valence-electron chi connectivity index (χ1n) is 5.79. The topological polar surface area (TPSA) is 95.0 Å². The van der Waals surface area contributed by atoms with Crippen LogP contribution in [0.2, 0.25) is 0 Å². The Morgan fingerprint density at radius 2 is 2.15 bits per heavy atom. The van der Waals surface area contributed by atoms with Gasteiger partial charge in [-0.2, -0.15) is 5.26 Å². The summed E-state index contributed by atoms with van der Waals surface area (Å²) < 4.78 is 5.20. The third-order valence-electron chi connectivity index (χ3n) is 2.46. The first kappa shape index (κ1) is 13.4. The molecule has 0 unspecified atom stereocenters. The highest BCUT2D eigenvalue weighted by Crippen LogP contribution is 2.24. The van der Waals surface area contributed by atoms with Gasteiger partial charge in [-0.05, 0) is 18.2 Å². The summed E-state index contributed by atoms with van der Waals surface area (Å²) in [6.45, 7) is -0.113. The van der Waals surface area contributed by atoms with Crippen molar-refractivity contribution in [2.24, 2.45) is 0 Å². The maximum atomic E-state index is 12.0. The zero-order chi connectivity index (χ0) is 14.4. The number of hydrogen-bond acceptors (Lipinski definition) is 4. The highest BCUT2D eigenvalue weighted by atomic mass is 16.5. The quantitative estimate of drug-likeness (QED) is 0.879. The molecule has 0 saturated heterocycles. The number of H-pyrrole nitrogens is 1. The first-order chi connectivity index (χ1) is 9.70. The van der Waals surface area contributed by atoms with E-state index < -0.39 is 5.91 Å². The zero-order valence-corrected chi connectivity index (χ0v) is 10.4. The van der Waals surface area contributed by atoms with Crippen LogP contribution in [0.1, 0.15) is 10.4 Å². The number of nitriles is 1. The molecule has 0 atom stereocenters. The fraction of sp³-hybridized carbons (Fsp3) is 0.0714. The molecule has 2 aromatic rings. The Bertz CT molecular complexity index is 716. The molecule has 0 radical (unpaired) electrons. The van der Waals surface area contributed by atoms with Gasteiger partial charge in [0, 0.05) is 17.8 Å². The van der Waals surface area contributed by atoms with Gasteiger partial charge in [0.15, 0.2) is 6.61 Å². The lowest BCUT2D eigenvalue weighted by molar-refractivity contribution is 0.102. The Morgan fingerprint density at radius 1 is 1.35 bits per heavy atom. The van der Waals surface area contributed by atoms with E-state index in [0.717, 1.165) is 0 Å². The van der Waals surface area contributed by atoms with E-state index in [1.54, 1.807) is 24.3 Å². The van der Waals surface area contributed by atoms with Crippen LogP contribution in [0.3, 0.4) is 0 Å². The number of pyridine rings is 1. The van der Waals surface area contributed by atoms with Crippen molar-refractivity contribution >= 4 is 11.6 Å². The van der Waals surface area contributed by atoms with Crippen LogP contribution in [0.25, 0.3) is 0 Å². The van der Waals surface area contributed by atoms with Gasteiger partial charge < -0.3 is 15.0 Å². The number of aromatic nitrogens is 1. The number of amides is 1. The van der Waals surface area contributed by atoms with Gasteiger partial charge >= 0.3 is 0 Å². The molecular formula is C14H11N3O3. The third-order valence-corrected chi connectivity index (χ3v) is 2.46. The molecule has 0 saturated carbocycles. The smallest absolute Gasteiger partial charge is 0.256 e. The molecule has 0 aliphatic rings. The van der Waals surface area contributed by atoms with Crippen LogP contribution in [0.15, 0.2) is 47.4 Å². The fourth-order valence-corrected chi connectivity index (χ4v) is 1.59. The van der Waals surface area contributed by atoms with Crippen LogP contribution in [0.5, 0.6) is 5.75 Å². The molecule has 0 aliphatic carbocycles. The van der Waals surface area contributed by atoms with Crippen molar-refractivity contribution in [2.45, 2.75) is 0 Å². The third kappa shape index (κ3) is 3.23. The van der Waals surface area contributed by atoms with E-state index in [-0.39, 0.29) is 17.7 Å². The molecule has 0 aliphatic heterocycles. The molecule has 0 spiro atoms. The number of aromatic amines is 1. The lowest BCUT2D eigenvalue weighted by Crippen LogP contribution is -2.16. The number of ether oxygens (including phenoxy) is 1. The number of nitrogens with one attached hydrogen (secondary N) is 2. The average molecular weight is 269 g/mol. The summed E-state index contributed by atoms with van der Waals surface area (Å²) in [5.41, 5.74) is 0.323. The van der Waals surface area contributed by atoms with Crippen LogP contribution < -0.4 is 15.6 Å². The second-order valence-electron chi connectivity index (χ2n) is 3.84. The fourth-order valence-electron chi connectivity index (χ4n) is 1.59. The van der Waals surface area contributed by atoms with Gasteiger partial charge in [0.25, 0.3) is 5.91 Å². The summed E-state index contributed by atoms with van der Waals surface area (Å²) in [6, 6.07) is 11.3. The molecular weight excluding hydrogens is 258 g/mol. The van der Waals surface area contributed by atoms with Crippen LogP contribution in [-0.4, -0.2) is 17.5 Å². The number of hydrogen-bond donors (Lipinski definition) is 2. The molecule has 20 heavy (non-hydrogen) atoms. The van der Waals surface area contributed by atoms with Crippen LogP contribution in [0.4, 0.5) is 5.69 Å². The van der Waals surface area contributed by atoms with E-state index in [1.165, 1.54) is 18.3 Å². The second kappa shape index (κ2) is 6.20. The predicted molar refractivity (Wildman–Crippen MR) is 72.6 cm³/mol. The molecule has 1 aromatic heterocycles. The Balaban J connectivity index is 2.20. The first-order valence-corrected chi connectivity index (χ1v) is 5.79. The van der Waals surface area contributed by atoms with Crippen molar-refractivity contribution in [1.82, 2.24) is 4.98 Å². The summed E-state index contributed by atoms with van der Waals surface area (Å²) in [5, 5.41) is 11.1. The molecule has 6 heteroatoms. The molecule has 2 N–H and O–H groups in total. The minimum atomic E-state index is -0.427. The zero-order valence-electron chi connectivity index (χ0n) is 10.4. The highest BCUT2D eigenvalue weighted by molar-refractivity contribution is 6.04. The Labute approximate surface area is 114 Å². The van der Waals surface area contributed by atoms with Crippen LogP contribution in [-0.2, 0) is 0 Å². The van der Waals surface area contributed by atoms with Gasteiger partial charge in [-0.15, -0.1) is 0 Å². The van der Waals surface area contributed by atoms with Crippen molar-refractivity contribution in [3.8, 4) is 11.8 Å². The van der Waals surface area contributed by atoms with E-state index in [2.05, 4.69) is 10.3 Å². The normalized spacial score (nSPS) is 9.55. The van der Waals surface area contributed by atoms with Crippen molar-refractivity contribution in [2.75, 3.05) is 11.9 Å². The summed E-state index contributed by atoms with van der Waals surface area (Å²) in [5.74, 6) is -0.0312. The monoisotopic (exact) mass is 269 g/mol. The summed E-state index contributed by atoms with van der Waals surface area (Å²) in [6.07, 6.45) is 1.40. The van der Waals surface area contributed by atoms with E-state index in [9.17, 15) is 9.59 Å². The number of para-hydroxylation sites is 2. The number of carbonyl (C=O) groups excluding carboxylic acids is 1. The van der Waals surface area contributed by atoms with Gasteiger partial charge in [0.1, 0.15) is 11.8 Å². The minimum Gasteiger partial charge on any atom is -0.477 e. The molecule has 1 heterocycles. The standard InChI is InChI=1S/C14H11N3O3/c15-6-8-20-12-4-2-1-3-11(12)17-14(19)10-5-7-16-13(18)9-10/h1-5,7,9H,8H2,(H,16,18)(H,17,19). The number of nitrogens with zero attached hydrogens (tertiary/aromatic N) is 1. The van der Waals surface area contributed by atoms with E-state index in [1.807, 2.05) is 6.07 Å². The van der Waals surface area contributed by atoms with E-state index in [0.29, 0.717) is 11.4 Å². The van der Waals surface area contributed by atoms with Gasteiger partial charge in [-0.1, -0.05) is 12.1 Å². The van der Waals surface area contributed by atoms with Crippen LogP contribution >= 0.6 is 0 Å². The predicted octanol–water partition coefficient (Wildman–Crippen LogP) is 1.53. The Hall–Kier alpha value is -3.07. The van der Waals surface area contributed by atoms with E-state index >= 15 is 0 Å². The van der Waals surface area contributed by atoms with Crippen molar-refractivity contribution in [3.63, 3.8) is 0 Å². The summed E-state index contributed by atoms with van der Waals surface area (Å²) in [4.78, 5) is 25.6. The lowest BCUT2D eigenvalue weighted by Gasteiger charge is -2.10. The molecule has 1 amide bonds. The average Bonchev–Trinajstić information content (AvgIpc) is 2.46. The molecule has 6 nitrogen and oxygen atoms in total. The lowest BCUT2D eigenvalue weighted by atomic mass is 10.2. The minimum absolute atomic E-state index is 0.113. The molecule has 1 aromatic carbocycles. The summed E-state index contributed by atoms with van der Waals surface area (Å²) >= 11 is 0. The van der Waals surface area contributed by atoms with Gasteiger partial charge in [0.05, 0.1) is 5.69 Å². The molecule has 2 rings (SSSR count). The van der Waals surface area contributed by atoms with Crippen molar-refractivity contribution in [1.29, 1.82) is 5.26 Å². The highest BCUT2D eigenvalue weighted by Gasteiger charge is 2.09. The number of carbonyl (C=O) groups is 1. The number of anilines is 1. The largest absolute Gasteiger partial charge is 0.477 e. The maximum Gasteiger partial charge on any atom is 0.256 e. The second-order valence-corrected chi connectivity index (χ2v) is 3.84. The van der Waals surface area contributed by atoms with Gasteiger partial charge in [0.2, 0.25) is 5.56 Å². The maximum absolute atomic E-state index is 12.0. The molecule has 0 bridgehead atoms. The Kier molecular flexibility index (Phi) is 4.14. The SMILES string of the molecule is N#CCOc1ccccc1NC(=O)c1cc[nH]c(=O)c1. The van der Waals surface area contributed by atoms with Crippen molar-refractivity contribution < 1.29 is 9.53 Å². The number of rotatable bonds is 4. The molecule has 0 fully saturated rings. The number of benzene rings is 1. The molecule has 100 valence electrons. The summed E-state index contributed by atoms with van der Waals surface area (Å²) in [7, 11) is 0. The van der Waals surface area contributed by atoms with Crippen molar-refractivity contribution in [3.05, 3.63) is 58.5 Å².